The molecule has 1 aliphatic rings. The van der Waals surface area contributed by atoms with Gasteiger partial charge in [0.25, 0.3) is 5.56 Å². The van der Waals surface area contributed by atoms with E-state index in [-0.39, 0.29) is 23.7 Å². The summed E-state index contributed by atoms with van der Waals surface area (Å²) in [5.74, 6) is -0.130. The fourth-order valence-corrected chi connectivity index (χ4v) is 8.22. The summed E-state index contributed by atoms with van der Waals surface area (Å²) < 4.78 is 40.9. The van der Waals surface area contributed by atoms with E-state index < -0.39 is 41.4 Å². The van der Waals surface area contributed by atoms with E-state index in [0.717, 1.165) is 33.4 Å². The van der Waals surface area contributed by atoms with Crippen LogP contribution in [0.1, 0.15) is 39.6 Å². The molecule has 0 bridgehead atoms. The molecule has 8 aromatic rings. The van der Waals surface area contributed by atoms with Crippen LogP contribution >= 0.6 is 0 Å². The standard InChI is InChI=1S/C48H40FN5O4/c49-40-42(58-48(36-25-13-4-14-26-36,37-27-15-5-16-28-37)38-29-17-6-18-30-38)39(57-45(40)54-32-51-41-43(54)52-46(50)53-44(41)55)31-56-47(33-19-7-1-8-20-33,34-21-9-2-10-22-34)35-23-11-3-12-24-35/h1-30,32,39-40,42,45H,31H2,(H3,50,52,53,55)/t39-,40-,42-,45-/m1/s1. The van der Waals surface area contributed by atoms with Crippen LogP contribution in [0.3, 0.4) is 0 Å². The number of hydrogen-bond acceptors (Lipinski definition) is 7. The van der Waals surface area contributed by atoms with Gasteiger partial charge < -0.3 is 19.9 Å². The van der Waals surface area contributed by atoms with Gasteiger partial charge in [0.1, 0.15) is 23.4 Å². The van der Waals surface area contributed by atoms with E-state index in [9.17, 15) is 4.79 Å². The molecule has 288 valence electrons. The number of imidazole rings is 1. The van der Waals surface area contributed by atoms with Crippen molar-refractivity contribution >= 4 is 17.1 Å². The Balaban J connectivity index is 1.22. The first kappa shape index (κ1) is 36.9. The van der Waals surface area contributed by atoms with Crippen LogP contribution < -0.4 is 11.3 Å². The predicted octanol–water partition coefficient (Wildman–Crippen LogP) is 8.32. The Bertz CT molecular complexity index is 2450. The highest BCUT2D eigenvalue weighted by Crippen LogP contribution is 2.47. The summed E-state index contributed by atoms with van der Waals surface area (Å²) in [6, 6.07) is 59.3. The molecule has 3 heterocycles. The molecule has 0 unspecified atom stereocenters. The van der Waals surface area contributed by atoms with Gasteiger partial charge in [-0.25, -0.2) is 9.37 Å². The van der Waals surface area contributed by atoms with Gasteiger partial charge in [0, 0.05) is 0 Å². The van der Waals surface area contributed by atoms with Gasteiger partial charge >= 0.3 is 0 Å². The lowest BCUT2D eigenvalue weighted by Crippen LogP contribution is -2.45. The molecule has 0 amide bonds. The van der Waals surface area contributed by atoms with Gasteiger partial charge in [0.15, 0.2) is 23.6 Å². The summed E-state index contributed by atoms with van der Waals surface area (Å²) in [6.07, 6.45) is -4.05. The van der Waals surface area contributed by atoms with Crippen LogP contribution in [-0.2, 0) is 25.4 Å². The molecule has 2 aromatic heterocycles. The maximum absolute atomic E-state index is 18.0. The maximum atomic E-state index is 18.0. The van der Waals surface area contributed by atoms with Crippen LogP contribution in [0.2, 0.25) is 0 Å². The monoisotopic (exact) mass is 769 g/mol. The summed E-state index contributed by atoms with van der Waals surface area (Å²) in [4.78, 5) is 24.0. The van der Waals surface area contributed by atoms with E-state index in [4.69, 9.17) is 19.9 Å². The Labute approximate surface area is 334 Å². The minimum absolute atomic E-state index is 0.00521. The van der Waals surface area contributed by atoms with Crippen LogP contribution in [0.4, 0.5) is 10.3 Å². The average Bonchev–Trinajstić information content (AvgIpc) is 3.84. The number of aromatic nitrogens is 4. The summed E-state index contributed by atoms with van der Waals surface area (Å²) in [7, 11) is 0. The molecule has 6 aromatic carbocycles. The molecule has 0 spiro atoms. The van der Waals surface area contributed by atoms with Crippen molar-refractivity contribution in [3.8, 4) is 0 Å². The number of nitrogens with one attached hydrogen (secondary N) is 1. The molecule has 9 nitrogen and oxygen atoms in total. The number of fused-ring (bicyclic) bond motifs is 1. The van der Waals surface area contributed by atoms with Gasteiger partial charge in [-0.15, -0.1) is 0 Å². The summed E-state index contributed by atoms with van der Waals surface area (Å²) in [5, 5.41) is 0. The van der Waals surface area contributed by atoms with E-state index in [1.54, 1.807) is 0 Å². The van der Waals surface area contributed by atoms with Gasteiger partial charge in [-0.1, -0.05) is 182 Å². The number of alkyl halides is 1. The van der Waals surface area contributed by atoms with Crippen LogP contribution in [0, 0.1) is 0 Å². The molecule has 0 aliphatic carbocycles. The van der Waals surface area contributed by atoms with E-state index >= 15 is 4.39 Å². The van der Waals surface area contributed by atoms with E-state index in [1.807, 2.05) is 182 Å². The number of nitrogens with zero attached hydrogens (tertiary/aromatic N) is 3. The van der Waals surface area contributed by atoms with Crippen LogP contribution in [-0.4, -0.2) is 44.5 Å². The molecule has 58 heavy (non-hydrogen) atoms. The highest BCUT2D eigenvalue weighted by atomic mass is 19.1. The van der Waals surface area contributed by atoms with Gasteiger partial charge in [0.2, 0.25) is 5.95 Å². The van der Waals surface area contributed by atoms with Crippen molar-refractivity contribution in [1.29, 1.82) is 0 Å². The lowest BCUT2D eigenvalue weighted by Gasteiger charge is -2.40. The van der Waals surface area contributed by atoms with Crippen molar-refractivity contribution < 1.29 is 18.6 Å². The molecule has 4 atom stereocenters. The highest BCUT2D eigenvalue weighted by Gasteiger charge is 2.53. The first-order chi connectivity index (χ1) is 28.5. The molecule has 0 radical (unpaired) electrons. The van der Waals surface area contributed by atoms with E-state index in [2.05, 4.69) is 15.0 Å². The van der Waals surface area contributed by atoms with Crippen molar-refractivity contribution in [2.24, 2.45) is 0 Å². The Kier molecular flexibility index (Phi) is 9.97. The van der Waals surface area contributed by atoms with Crippen molar-refractivity contribution in [1.82, 2.24) is 19.5 Å². The molecule has 1 fully saturated rings. The topological polar surface area (TPSA) is 117 Å². The molecule has 0 saturated carbocycles. The Morgan fingerprint density at radius 1 is 0.638 bits per heavy atom. The number of aromatic amines is 1. The largest absolute Gasteiger partial charge is 0.369 e. The Morgan fingerprint density at radius 2 is 1.03 bits per heavy atom. The Hall–Kier alpha value is -6.72. The lowest BCUT2D eigenvalue weighted by molar-refractivity contribution is -0.128. The molecule has 1 saturated heterocycles. The van der Waals surface area contributed by atoms with E-state index in [0.29, 0.717) is 0 Å². The van der Waals surface area contributed by atoms with Gasteiger partial charge in [-0.3, -0.25) is 14.3 Å². The average molecular weight is 770 g/mol. The van der Waals surface area contributed by atoms with Gasteiger partial charge in [0.05, 0.1) is 12.9 Å². The summed E-state index contributed by atoms with van der Waals surface area (Å²) in [5.41, 5.74) is 8.12. The first-order valence-electron chi connectivity index (χ1n) is 19.2. The third-order valence-electron chi connectivity index (χ3n) is 10.9. The van der Waals surface area contributed by atoms with Gasteiger partial charge in [-0.2, -0.15) is 4.98 Å². The molecule has 3 N–H and O–H groups in total. The maximum Gasteiger partial charge on any atom is 0.280 e. The quantitative estimate of drug-likeness (QED) is 0.120. The zero-order chi connectivity index (χ0) is 39.5. The second kappa shape index (κ2) is 15.7. The zero-order valence-corrected chi connectivity index (χ0v) is 31.3. The smallest absolute Gasteiger partial charge is 0.280 e. The number of anilines is 1. The number of nitrogens with two attached hydrogens (primary N) is 1. The van der Waals surface area contributed by atoms with Crippen LogP contribution in [0.25, 0.3) is 11.2 Å². The van der Waals surface area contributed by atoms with Crippen LogP contribution in [0.15, 0.2) is 193 Å². The fourth-order valence-electron chi connectivity index (χ4n) is 8.22. The predicted molar refractivity (Wildman–Crippen MR) is 221 cm³/mol. The molecular formula is C48H40FN5O4. The van der Waals surface area contributed by atoms with Crippen molar-refractivity contribution in [2.45, 2.75) is 35.8 Å². The van der Waals surface area contributed by atoms with E-state index in [1.165, 1.54) is 10.9 Å². The molecule has 10 heteroatoms. The number of ether oxygens (including phenoxy) is 3. The summed E-state index contributed by atoms with van der Waals surface area (Å²) >= 11 is 0. The van der Waals surface area contributed by atoms with Crippen molar-refractivity contribution in [3.63, 3.8) is 0 Å². The minimum atomic E-state index is -1.82. The van der Waals surface area contributed by atoms with Crippen molar-refractivity contribution in [2.75, 3.05) is 12.3 Å². The minimum Gasteiger partial charge on any atom is -0.369 e. The highest BCUT2D eigenvalue weighted by molar-refractivity contribution is 5.70. The van der Waals surface area contributed by atoms with Gasteiger partial charge in [-0.05, 0) is 33.4 Å². The second-order valence-corrected chi connectivity index (χ2v) is 14.2. The fraction of sp³-hybridized carbons (Fsp3) is 0.146. The first-order valence-corrected chi connectivity index (χ1v) is 19.2. The molecule has 1 aliphatic heterocycles. The number of halogens is 1. The number of rotatable bonds is 12. The number of hydrogen-bond donors (Lipinski definition) is 2. The third kappa shape index (κ3) is 6.47. The van der Waals surface area contributed by atoms with Crippen molar-refractivity contribution in [3.05, 3.63) is 232 Å². The zero-order valence-electron chi connectivity index (χ0n) is 31.3. The van der Waals surface area contributed by atoms with Crippen LogP contribution in [0.5, 0.6) is 0 Å². The summed E-state index contributed by atoms with van der Waals surface area (Å²) in [6.45, 7) is -0.114. The number of H-pyrrole nitrogens is 1. The molecular weight excluding hydrogens is 730 g/mol. The Morgan fingerprint density at radius 3 is 1.45 bits per heavy atom. The lowest BCUT2D eigenvalue weighted by atomic mass is 9.79. The third-order valence-corrected chi connectivity index (χ3v) is 10.9. The molecule has 9 rings (SSSR count). The number of nitrogen functional groups attached to an aromatic ring is 1. The SMILES string of the molecule is Nc1nc2c(ncn2[C@@H]2O[C@H](COC(c3ccccc3)(c3ccccc3)c3ccccc3)[C@@H](OC(c3ccccc3)(c3ccccc3)c3ccccc3)[C@H]2F)c(=O)[nH]1. The normalized spacial score (nSPS) is 18.4. The number of benzene rings is 6. The second-order valence-electron chi connectivity index (χ2n) is 14.2.